The molecule has 2 nitrogen and oxygen atoms in total. The molecule has 1 aromatic rings. The molecular weight excluding hydrogens is 188 g/mol. The Hall–Kier alpha value is -1.31. The predicted octanol–water partition coefficient (Wildman–Crippen LogP) is 2.86. The lowest BCUT2D eigenvalue weighted by Crippen LogP contribution is -2.07. The van der Waals surface area contributed by atoms with E-state index in [-0.39, 0.29) is 11.7 Å². The summed E-state index contributed by atoms with van der Waals surface area (Å²) < 4.78 is 0. The van der Waals surface area contributed by atoms with E-state index in [0.29, 0.717) is 5.75 Å². The maximum atomic E-state index is 11.0. The molecule has 1 rings (SSSR count). The van der Waals surface area contributed by atoms with E-state index in [0.717, 1.165) is 18.4 Å². The van der Waals surface area contributed by atoms with Gasteiger partial charge in [0.05, 0.1) is 0 Å². The Kier molecular flexibility index (Phi) is 3.89. The van der Waals surface area contributed by atoms with Gasteiger partial charge in [-0.25, -0.2) is 0 Å². The van der Waals surface area contributed by atoms with E-state index >= 15 is 0 Å². The van der Waals surface area contributed by atoms with Gasteiger partial charge in [0.25, 0.3) is 0 Å². The lowest BCUT2D eigenvalue weighted by molar-refractivity contribution is -0.120. The zero-order valence-corrected chi connectivity index (χ0v) is 9.58. The Morgan fingerprint density at radius 2 is 2.13 bits per heavy atom. The van der Waals surface area contributed by atoms with Crippen molar-refractivity contribution in [2.45, 2.75) is 33.6 Å². The maximum absolute atomic E-state index is 11.0. The third-order valence-electron chi connectivity index (χ3n) is 2.82. The number of rotatable bonds is 4. The van der Waals surface area contributed by atoms with Crippen LogP contribution in [0.2, 0.25) is 0 Å². The largest absolute Gasteiger partial charge is 0.508 e. The molecule has 0 fully saturated rings. The summed E-state index contributed by atoms with van der Waals surface area (Å²) in [5.41, 5.74) is 2.07. The lowest BCUT2D eigenvalue weighted by atomic mass is 9.97. The molecule has 0 spiro atoms. The van der Waals surface area contributed by atoms with Crippen LogP contribution in [-0.4, -0.2) is 10.9 Å². The van der Waals surface area contributed by atoms with E-state index in [1.807, 2.05) is 26.0 Å². The summed E-state index contributed by atoms with van der Waals surface area (Å²) in [6.45, 7) is 5.47. The van der Waals surface area contributed by atoms with Crippen molar-refractivity contribution in [2.24, 2.45) is 5.92 Å². The van der Waals surface area contributed by atoms with E-state index in [1.54, 1.807) is 13.0 Å². The summed E-state index contributed by atoms with van der Waals surface area (Å²) in [6, 6.07) is 5.60. The van der Waals surface area contributed by atoms with Crippen LogP contribution >= 0.6 is 0 Å². The third-order valence-corrected chi connectivity index (χ3v) is 2.82. The molecule has 2 heteroatoms. The number of benzene rings is 1. The molecule has 0 aliphatic rings. The van der Waals surface area contributed by atoms with Gasteiger partial charge in [-0.15, -0.1) is 0 Å². The first kappa shape index (κ1) is 11.8. The Morgan fingerprint density at radius 3 is 2.67 bits per heavy atom. The normalized spacial score (nSPS) is 12.5. The standard InChI is InChI=1S/C13H18O2/c1-9(11(3)14)4-5-12-6-7-13(15)10(2)8-12/h6-9,15H,4-5H2,1-3H3. The van der Waals surface area contributed by atoms with Gasteiger partial charge in [-0.3, -0.25) is 4.79 Å². The average molecular weight is 206 g/mol. The Bertz CT molecular complexity index is 356. The van der Waals surface area contributed by atoms with Gasteiger partial charge in [0.2, 0.25) is 0 Å². The highest BCUT2D eigenvalue weighted by Crippen LogP contribution is 2.19. The number of Topliss-reactive ketones (excluding diaryl/α,β-unsaturated/α-hetero) is 1. The topological polar surface area (TPSA) is 37.3 Å². The minimum Gasteiger partial charge on any atom is -0.508 e. The minimum absolute atomic E-state index is 0.124. The average Bonchev–Trinajstić information content (AvgIpc) is 2.19. The van der Waals surface area contributed by atoms with Crippen molar-refractivity contribution in [3.8, 4) is 5.75 Å². The summed E-state index contributed by atoms with van der Waals surface area (Å²) in [6.07, 6.45) is 1.77. The molecule has 0 saturated heterocycles. The minimum atomic E-state index is 0.124. The summed E-state index contributed by atoms with van der Waals surface area (Å²) in [7, 11) is 0. The second kappa shape index (κ2) is 4.96. The van der Waals surface area contributed by atoms with Gasteiger partial charge in [-0.05, 0) is 43.9 Å². The van der Waals surface area contributed by atoms with Crippen LogP contribution in [-0.2, 0) is 11.2 Å². The molecule has 0 bridgehead atoms. The number of hydrogen-bond donors (Lipinski definition) is 1. The van der Waals surface area contributed by atoms with Gasteiger partial charge in [-0.2, -0.15) is 0 Å². The lowest BCUT2D eigenvalue weighted by Gasteiger charge is -2.08. The number of aryl methyl sites for hydroxylation is 2. The van der Waals surface area contributed by atoms with Crippen LogP contribution in [0, 0.1) is 12.8 Å². The van der Waals surface area contributed by atoms with E-state index in [1.165, 1.54) is 5.56 Å². The molecule has 0 aliphatic heterocycles. The Labute approximate surface area is 90.9 Å². The molecule has 0 amide bonds. The molecule has 1 unspecified atom stereocenters. The summed E-state index contributed by atoms with van der Waals surface area (Å²) in [5, 5.41) is 9.36. The second-order valence-electron chi connectivity index (χ2n) is 4.17. The molecule has 1 atom stereocenters. The van der Waals surface area contributed by atoms with Crippen LogP contribution in [0.4, 0.5) is 0 Å². The highest BCUT2D eigenvalue weighted by molar-refractivity contribution is 5.77. The Morgan fingerprint density at radius 1 is 1.47 bits per heavy atom. The number of hydrogen-bond acceptors (Lipinski definition) is 2. The van der Waals surface area contributed by atoms with Crippen molar-refractivity contribution in [1.82, 2.24) is 0 Å². The zero-order chi connectivity index (χ0) is 11.4. The van der Waals surface area contributed by atoms with Gasteiger partial charge in [-0.1, -0.05) is 19.1 Å². The van der Waals surface area contributed by atoms with Crippen LogP contribution in [0.3, 0.4) is 0 Å². The van der Waals surface area contributed by atoms with Crippen LogP contribution in [0.5, 0.6) is 5.75 Å². The Balaban J connectivity index is 2.58. The summed E-state index contributed by atoms with van der Waals surface area (Å²) in [4.78, 5) is 11.0. The van der Waals surface area contributed by atoms with Gasteiger partial charge in [0, 0.05) is 5.92 Å². The highest BCUT2D eigenvalue weighted by atomic mass is 16.3. The fraction of sp³-hybridized carbons (Fsp3) is 0.462. The van der Waals surface area contributed by atoms with E-state index in [9.17, 15) is 9.90 Å². The fourth-order valence-electron chi connectivity index (χ4n) is 1.46. The molecule has 0 aromatic heterocycles. The molecule has 82 valence electrons. The zero-order valence-electron chi connectivity index (χ0n) is 9.58. The number of ketones is 1. The van der Waals surface area contributed by atoms with Gasteiger partial charge >= 0.3 is 0 Å². The van der Waals surface area contributed by atoms with E-state index in [4.69, 9.17) is 0 Å². The first-order chi connectivity index (χ1) is 7.00. The summed E-state index contributed by atoms with van der Waals surface area (Å²) in [5.74, 6) is 0.697. The van der Waals surface area contributed by atoms with Crippen molar-refractivity contribution in [3.05, 3.63) is 29.3 Å². The highest BCUT2D eigenvalue weighted by Gasteiger charge is 2.07. The second-order valence-corrected chi connectivity index (χ2v) is 4.17. The molecular formula is C13H18O2. The van der Waals surface area contributed by atoms with E-state index in [2.05, 4.69) is 0 Å². The van der Waals surface area contributed by atoms with E-state index < -0.39 is 0 Å². The van der Waals surface area contributed by atoms with Gasteiger partial charge in [0.1, 0.15) is 11.5 Å². The fourth-order valence-corrected chi connectivity index (χ4v) is 1.46. The summed E-state index contributed by atoms with van der Waals surface area (Å²) >= 11 is 0. The number of phenols is 1. The molecule has 0 heterocycles. The van der Waals surface area contributed by atoms with Crippen LogP contribution in [0.15, 0.2) is 18.2 Å². The van der Waals surface area contributed by atoms with Crippen LogP contribution < -0.4 is 0 Å². The monoisotopic (exact) mass is 206 g/mol. The maximum Gasteiger partial charge on any atom is 0.132 e. The van der Waals surface area contributed by atoms with Crippen LogP contribution in [0.1, 0.15) is 31.4 Å². The number of carbonyl (C=O) groups is 1. The molecule has 1 aromatic carbocycles. The van der Waals surface area contributed by atoms with Crippen molar-refractivity contribution in [1.29, 1.82) is 0 Å². The van der Waals surface area contributed by atoms with Crippen molar-refractivity contribution < 1.29 is 9.90 Å². The van der Waals surface area contributed by atoms with Gasteiger partial charge < -0.3 is 5.11 Å². The van der Waals surface area contributed by atoms with Crippen molar-refractivity contribution >= 4 is 5.78 Å². The third kappa shape index (κ3) is 3.39. The molecule has 15 heavy (non-hydrogen) atoms. The number of carbonyl (C=O) groups excluding carboxylic acids is 1. The predicted molar refractivity (Wildman–Crippen MR) is 61.0 cm³/mol. The number of phenolic OH excluding ortho intramolecular Hbond substituents is 1. The first-order valence-electron chi connectivity index (χ1n) is 5.29. The molecule has 1 N–H and O–H groups in total. The van der Waals surface area contributed by atoms with Crippen molar-refractivity contribution in [2.75, 3.05) is 0 Å². The quantitative estimate of drug-likeness (QED) is 0.822. The first-order valence-corrected chi connectivity index (χ1v) is 5.29. The van der Waals surface area contributed by atoms with Crippen molar-refractivity contribution in [3.63, 3.8) is 0 Å². The van der Waals surface area contributed by atoms with Crippen LogP contribution in [0.25, 0.3) is 0 Å². The molecule has 0 saturated carbocycles. The van der Waals surface area contributed by atoms with Gasteiger partial charge in [0.15, 0.2) is 0 Å². The smallest absolute Gasteiger partial charge is 0.132 e. The molecule has 0 radical (unpaired) electrons. The number of aromatic hydroxyl groups is 1. The molecule has 0 aliphatic carbocycles. The SMILES string of the molecule is CC(=O)C(C)CCc1ccc(O)c(C)c1.